The van der Waals surface area contributed by atoms with Crippen molar-refractivity contribution >= 4 is 11.8 Å². The molecule has 0 saturated carbocycles. The van der Waals surface area contributed by atoms with Gasteiger partial charge in [-0.15, -0.1) is 6.42 Å². The normalized spacial score (nSPS) is 22.2. The molecule has 4 heteroatoms. The van der Waals surface area contributed by atoms with Crippen molar-refractivity contribution in [3.63, 3.8) is 0 Å². The molecule has 1 unspecified atom stereocenters. The highest BCUT2D eigenvalue weighted by molar-refractivity contribution is 5.89. The minimum absolute atomic E-state index is 0.100. The largest absolute Gasteiger partial charge is 0.369 e. The smallest absolute Gasteiger partial charge is 0.224 e. The van der Waals surface area contributed by atoms with Crippen LogP contribution in [-0.4, -0.2) is 28.8 Å². The van der Waals surface area contributed by atoms with E-state index in [0.717, 1.165) is 0 Å². The van der Waals surface area contributed by atoms with E-state index in [1.165, 1.54) is 4.90 Å². The molecule has 0 radical (unpaired) electrons. The van der Waals surface area contributed by atoms with Gasteiger partial charge in [-0.2, -0.15) is 0 Å². The minimum Gasteiger partial charge on any atom is -0.369 e. The van der Waals surface area contributed by atoms with Gasteiger partial charge >= 0.3 is 0 Å². The van der Waals surface area contributed by atoms with Crippen LogP contribution in [0.15, 0.2) is 0 Å². The van der Waals surface area contributed by atoms with Crippen LogP contribution in [-0.2, 0) is 9.59 Å². The molecule has 1 aliphatic rings. The second-order valence-electron chi connectivity index (χ2n) is 4.01. The summed E-state index contributed by atoms with van der Waals surface area (Å²) in [6.07, 6.45) is 5.49. The molecule has 1 rings (SSSR count). The topological polar surface area (TPSA) is 63.4 Å². The van der Waals surface area contributed by atoms with Crippen LogP contribution in [0, 0.1) is 18.3 Å². The molecule has 0 aromatic carbocycles. The van der Waals surface area contributed by atoms with Gasteiger partial charge in [0.2, 0.25) is 11.8 Å². The van der Waals surface area contributed by atoms with Gasteiger partial charge < -0.3 is 10.6 Å². The van der Waals surface area contributed by atoms with Crippen molar-refractivity contribution in [2.24, 2.45) is 11.7 Å². The minimum atomic E-state index is -0.638. The lowest BCUT2D eigenvalue weighted by atomic mass is 10.0. The third kappa shape index (κ3) is 1.72. The summed E-state index contributed by atoms with van der Waals surface area (Å²) in [5.41, 5.74) is 4.50. The maximum atomic E-state index is 11.5. The summed E-state index contributed by atoms with van der Waals surface area (Å²) in [5, 5.41) is 0. The second kappa shape index (κ2) is 3.33. The third-order valence-corrected chi connectivity index (χ3v) is 2.56. The Bertz CT molecular complexity index is 315. The van der Waals surface area contributed by atoms with Gasteiger partial charge in [0.25, 0.3) is 0 Å². The first kappa shape index (κ1) is 10.6. The first-order valence-electron chi connectivity index (χ1n) is 4.46. The number of terminal acetylenes is 1. The zero-order valence-electron chi connectivity index (χ0n) is 8.41. The molecule has 0 spiro atoms. The van der Waals surface area contributed by atoms with E-state index in [-0.39, 0.29) is 12.3 Å². The monoisotopic (exact) mass is 194 g/mol. The lowest BCUT2D eigenvalue weighted by molar-refractivity contribution is -0.131. The van der Waals surface area contributed by atoms with Crippen molar-refractivity contribution in [3.05, 3.63) is 0 Å². The maximum Gasteiger partial charge on any atom is 0.224 e. The van der Waals surface area contributed by atoms with Crippen LogP contribution in [0.25, 0.3) is 0 Å². The van der Waals surface area contributed by atoms with E-state index in [2.05, 4.69) is 5.92 Å². The lowest BCUT2D eigenvalue weighted by Crippen LogP contribution is -2.44. The number of hydrogen-bond acceptors (Lipinski definition) is 2. The summed E-state index contributed by atoms with van der Waals surface area (Å²) in [7, 11) is 0. The van der Waals surface area contributed by atoms with Gasteiger partial charge in [0, 0.05) is 13.0 Å². The Labute approximate surface area is 83.4 Å². The Morgan fingerprint density at radius 3 is 2.64 bits per heavy atom. The van der Waals surface area contributed by atoms with E-state index in [1.807, 2.05) is 0 Å². The first-order chi connectivity index (χ1) is 6.38. The first-order valence-corrected chi connectivity index (χ1v) is 4.46. The van der Waals surface area contributed by atoms with Crippen molar-refractivity contribution in [1.29, 1.82) is 0 Å². The van der Waals surface area contributed by atoms with E-state index in [4.69, 9.17) is 12.2 Å². The maximum absolute atomic E-state index is 11.5. The zero-order chi connectivity index (χ0) is 10.9. The molecule has 1 saturated heterocycles. The molecule has 1 atom stereocenters. The van der Waals surface area contributed by atoms with Gasteiger partial charge in [-0.25, -0.2) is 0 Å². The third-order valence-electron chi connectivity index (χ3n) is 2.56. The van der Waals surface area contributed by atoms with E-state index in [0.29, 0.717) is 6.54 Å². The van der Waals surface area contributed by atoms with Crippen LogP contribution in [0.5, 0.6) is 0 Å². The predicted octanol–water partition coefficient (Wildman–Crippen LogP) is -0.268. The SMILES string of the molecule is C#CC(C)(C)N1CC(C(N)=O)CC1=O. The summed E-state index contributed by atoms with van der Waals surface area (Å²) >= 11 is 0. The molecule has 0 aromatic heterocycles. The summed E-state index contributed by atoms with van der Waals surface area (Å²) in [5.74, 6) is 1.60. The second-order valence-corrected chi connectivity index (χ2v) is 4.01. The average molecular weight is 194 g/mol. The molecular formula is C10H14N2O2. The predicted molar refractivity (Wildman–Crippen MR) is 51.9 cm³/mol. The molecule has 76 valence electrons. The van der Waals surface area contributed by atoms with E-state index >= 15 is 0 Å². The van der Waals surface area contributed by atoms with Crippen LogP contribution in [0.4, 0.5) is 0 Å². The fourth-order valence-corrected chi connectivity index (χ4v) is 1.52. The number of amides is 2. The van der Waals surface area contributed by atoms with Crippen LogP contribution >= 0.6 is 0 Å². The Morgan fingerprint density at radius 1 is 1.71 bits per heavy atom. The highest BCUT2D eigenvalue weighted by atomic mass is 16.2. The highest BCUT2D eigenvalue weighted by Crippen LogP contribution is 2.25. The standard InChI is InChI=1S/C10H14N2O2/c1-4-10(2,3)12-6-7(9(11)14)5-8(12)13/h1,7H,5-6H2,2-3H3,(H2,11,14). The Hall–Kier alpha value is -1.50. The Balaban J connectivity index is 2.82. The van der Waals surface area contributed by atoms with Gasteiger partial charge in [0.05, 0.1) is 11.5 Å². The van der Waals surface area contributed by atoms with Crippen molar-refractivity contribution in [1.82, 2.24) is 4.90 Å². The van der Waals surface area contributed by atoms with Crippen LogP contribution in [0.3, 0.4) is 0 Å². The van der Waals surface area contributed by atoms with Gasteiger partial charge in [-0.1, -0.05) is 5.92 Å². The van der Waals surface area contributed by atoms with Gasteiger partial charge in [0.1, 0.15) is 0 Å². The molecule has 4 nitrogen and oxygen atoms in total. The van der Waals surface area contributed by atoms with Crippen molar-refractivity contribution in [3.8, 4) is 12.3 Å². The van der Waals surface area contributed by atoms with Crippen molar-refractivity contribution < 1.29 is 9.59 Å². The number of likely N-dealkylation sites (tertiary alicyclic amines) is 1. The molecule has 2 amide bonds. The van der Waals surface area contributed by atoms with E-state index in [1.54, 1.807) is 13.8 Å². The van der Waals surface area contributed by atoms with Gasteiger partial charge in [0.15, 0.2) is 0 Å². The molecule has 0 aliphatic carbocycles. The van der Waals surface area contributed by atoms with Crippen molar-refractivity contribution in [2.45, 2.75) is 25.8 Å². The molecule has 14 heavy (non-hydrogen) atoms. The Morgan fingerprint density at radius 2 is 2.29 bits per heavy atom. The molecular weight excluding hydrogens is 180 g/mol. The van der Waals surface area contributed by atoms with Crippen LogP contribution in [0.1, 0.15) is 20.3 Å². The molecule has 0 aromatic rings. The van der Waals surface area contributed by atoms with Gasteiger partial charge in [-0.05, 0) is 13.8 Å². The quantitative estimate of drug-likeness (QED) is 0.615. The summed E-state index contributed by atoms with van der Waals surface area (Å²) < 4.78 is 0. The number of nitrogens with two attached hydrogens (primary N) is 1. The number of carbonyl (C=O) groups excluding carboxylic acids is 2. The van der Waals surface area contributed by atoms with E-state index < -0.39 is 17.4 Å². The summed E-state index contributed by atoms with van der Waals surface area (Å²) in [4.78, 5) is 23.9. The summed E-state index contributed by atoms with van der Waals surface area (Å²) in [6.45, 7) is 3.88. The molecule has 1 aliphatic heterocycles. The molecule has 1 heterocycles. The molecule has 1 fully saturated rings. The molecule has 0 bridgehead atoms. The number of rotatable bonds is 2. The van der Waals surface area contributed by atoms with Gasteiger partial charge in [-0.3, -0.25) is 9.59 Å². The lowest BCUT2D eigenvalue weighted by Gasteiger charge is -2.30. The molecule has 2 N–H and O–H groups in total. The number of primary amides is 1. The van der Waals surface area contributed by atoms with E-state index in [9.17, 15) is 9.59 Å². The average Bonchev–Trinajstić information content (AvgIpc) is 2.48. The van der Waals surface area contributed by atoms with Crippen LogP contribution < -0.4 is 5.73 Å². The zero-order valence-corrected chi connectivity index (χ0v) is 8.41. The summed E-state index contributed by atoms with van der Waals surface area (Å²) in [6, 6.07) is 0. The Kier molecular flexibility index (Phi) is 2.52. The fraction of sp³-hybridized carbons (Fsp3) is 0.600. The fourth-order valence-electron chi connectivity index (χ4n) is 1.52. The van der Waals surface area contributed by atoms with Crippen LogP contribution in [0.2, 0.25) is 0 Å². The number of carbonyl (C=O) groups is 2. The van der Waals surface area contributed by atoms with Crippen molar-refractivity contribution in [2.75, 3.05) is 6.54 Å². The number of nitrogens with zero attached hydrogens (tertiary/aromatic N) is 1. The highest BCUT2D eigenvalue weighted by Gasteiger charge is 2.39. The number of hydrogen-bond donors (Lipinski definition) is 1.